The molecule has 0 atom stereocenters. The smallest absolute Gasteiger partial charge is 0.253 e. The van der Waals surface area contributed by atoms with Crippen LogP contribution >= 0.6 is 0 Å². The molecular weight excluding hydrogens is 355 g/mol. The van der Waals surface area contributed by atoms with Crippen LogP contribution in [-0.4, -0.2) is 37.0 Å². The van der Waals surface area contributed by atoms with E-state index in [1.165, 1.54) is 4.90 Å². The van der Waals surface area contributed by atoms with Crippen molar-refractivity contribution in [2.75, 3.05) is 31.1 Å². The quantitative estimate of drug-likeness (QED) is 0.458. The maximum atomic E-state index is 13.9. The summed E-state index contributed by atoms with van der Waals surface area (Å²) in [6, 6.07) is 6.93. The van der Waals surface area contributed by atoms with Crippen LogP contribution in [0.1, 0.15) is 15.9 Å². The number of piperazine rings is 1. The zero-order valence-electron chi connectivity index (χ0n) is 13.8. The third-order valence-electron chi connectivity index (χ3n) is 4.37. The monoisotopic (exact) mass is 370 g/mol. The number of carbonyl (C=O) groups excluding carboxylic acids is 1. The van der Waals surface area contributed by atoms with E-state index < -0.39 is 34.8 Å². The van der Waals surface area contributed by atoms with Crippen LogP contribution in [-0.2, 0) is 0 Å². The Bertz CT molecular complexity index is 817. The number of hydrogen-bond acceptors (Lipinski definition) is 2. The Labute approximate surface area is 146 Å². The first-order valence-corrected chi connectivity index (χ1v) is 7.93. The van der Waals surface area contributed by atoms with Gasteiger partial charge in [0.15, 0.2) is 23.3 Å². The Kier molecular flexibility index (Phi) is 4.84. The van der Waals surface area contributed by atoms with Gasteiger partial charge in [-0.2, -0.15) is 0 Å². The lowest BCUT2D eigenvalue weighted by Gasteiger charge is -2.36. The molecule has 2 aromatic rings. The number of amides is 1. The fraction of sp³-hybridized carbons (Fsp3) is 0.278. The van der Waals surface area contributed by atoms with Gasteiger partial charge in [-0.05, 0) is 19.1 Å². The Morgan fingerprint density at radius 3 is 1.73 bits per heavy atom. The van der Waals surface area contributed by atoms with Gasteiger partial charge in [0, 0.05) is 31.7 Å². The Morgan fingerprint density at radius 2 is 1.23 bits per heavy atom. The minimum atomic E-state index is -2.18. The molecule has 26 heavy (non-hydrogen) atoms. The molecule has 8 heteroatoms. The van der Waals surface area contributed by atoms with E-state index in [2.05, 4.69) is 0 Å². The van der Waals surface area contributed by atoms with E-state index in [0.29, 0.717) is 5.56 Å². The van der Waals surface area contributed by atoms with Crippen LogP contribution in [0.15, 0.2) is 24.3 Å². The highest BCUT2D eigenvalue weighted by atomic mass is 19.2. The van der Waals surface area contributed by atoms with Crippen molar-refractivity contribution >= 4 is 11.6 Å². The molecule has 2 aromatic carbocycles. The molecule has 1 aliphatic heterocycles. The van der Waals surface area contributed by atoms with Crippen LogP contribution in [0.3, 0.4) is 0 Å². The standard InChI is InChI=1S/C18H15F5N2O/c1-10-2-4-11(5-3-10)18(26)25-8-6-24(7-9-25)17-15(22)13(20)12(19)14(21)16(17)23/h2-5H,6-9H2,1H3. The predicted octanol–water partition coefficient (Wildman–Crippen LogP) is 3.65. The lowest BCUT2D eigenvalue weighted by molar-refractivity contribution is 0.0746. The summed E-state index contributed by atoms with van der Waals surface area (Å²) in [6.45, 7) is 2.00. The third kappa shape index (κ3) is 3.11. The molecule has 1 heterocycles. The van der Waals surface area contributed by atoms with E-state index in [9.17, 15) is 26.7 Å². The van der Waals surface area contributed by atoms with Gasteiger partial charge in [0.2, 0.25) is 5.82 Å². The summed E-state index contributed by atoms with van der Waals surface area (Å²) < 4.78 is 67.7. The first-order chi connectivity index (χ1) is 12.3. The molecule has 3 nitrogen and oxygen atoms in total. The second-order valence-corrected chi connectivity index (χ2v) is 6.06. The lowest BCUT2D eigenvalue weighted by atomic mass is 10.1. The normalized spacial score (nSPS) is 14.7. The van der Waals surface area contributed by atoms with E-state index in [0.717, 1.165) is 10.5 Å². The van der Waals surface area contributed by atoms with E-state index in [1.807, 2.05) is 6.92 Å². The molecule has 1 fully saturated rings. The first-order valence-electron chi connectivity index (χ1n) is 7.93. The van der Waals surface area contributed by atoms with E-state index in [1.54, 1.807) is 24.3 Å². The van der Waals surface area contributed by atoms with Gasteiger partial charge in [-0.1, -0.05) is 17.7 Å². The van der Waals surface area contributed by atoms with Crippen LogP contribution in [0, 0.1) is 36.0 Å². The second-order valence-electron chi connectivity index (χ2n) is 6.06. The number of aryl methyl sites for hydroxylation is 1. The fourth-order valence-electron chi connectivity index (χ4n) is 2.88. The maximum absolute atomic E-state index is 13.9. The molecule has 1 amide bonds. The highest BCUT2D eigenvalue weighted by molar-refractivity contribution is 5.94. The van der Waals surface area contributed by atoms with Gasteiger partial charge in [-0.3, -0.25) is 4.79 Å². The zero-order valence-corrected chi connectivity index (χ0v) is 13.8. The minimum Gasteiger partial charge on any atom is -0.363 e. The summed E-state index contributed by atoms with van der Waals surface area (Å²) in [7, 11) is 0. The highest BCUT2D eigenvalue weighted by Gasteiger charge is 2.31. The van der Waals surface area contributed by atoms with Gasteiger partial charge in [-0.15, -0.1) is 0 Å². The Hall–Kier alpha value is -2.64. The average Bonchev–Trinajstić information content (AvgIpc) is 2.65. The van der Waals surface area contributed by atoms with Crippen LogP contribution in [0.4, 0.5) is 27.6 Å². The summed E-state index contributed by atoms with van der Waals surface area (Å²) in [5.74, 6) is -10.1. The molecule has 1 saturated heterocycles. The molecule has 0 N–H and O–H groups in total. The van der Waals surface area contributed by atoms with Crippen LogP contribution < -0.4 is 4.90 Å². The molecule has 3 rings (SSSR count). The van der Waals surface area contributed by atoms with Gasteiger partial charge in [0.1, 0.15) is 5.69 Å². The predicted molar refractivity (Wildman–Crippen MR) is 85.5 cm³/mol. The molecule has 0 bridgehead atoms. The average molecular weight is 370 g/mol. The number of benzene rings is 2. The molecule has 138 valence electrons. The molecule has 0 spiro atoms. The number of anilines is 1. The van der Waals surface area contributed by atoms with Crippen LogP contribution in [0.25, 0.3) is 0 Å². The maximum Gasteiger partial charge on any atom is 0.253 e. The minimum absolute atomic E-state index is 0.0457. The summed E-state index contributed by atoms with van der Waals surface area (Å²) in [6.07, 6.45) is 0. The van der Waals surface area contributed by atoms with Crippen molar-refractivity contribution in [1.29, 1.82) is 0 Å². The summed E-state index contributed by atoms with van der Waals surface area (Å²) in [5.41, 5.74) is 0.516. The molecule has 1 aliphatic rings. The molecular formula is C18H15F5N2O. The first kappa shape index (κ1) is 18.2. The zero-order chi connectivity index (χ0) is 19.0. The fourth-order valence-corrected chi connectivity index (χ4v) is 2.88. The SMILES string of the molecule is Cc1ccc(C(=O)N2CCN(c3c(F)c(F)c(F)c(F)c3F)CC2)cc1. The molecule has 0 aliphatic carbocycles. The van der Waals surface area contributed by atoms with E-state index >= 15 is 0 Å². The molecule has 0 aromatic heterocycles. The summed E-state index contributed by atoms with van der Waals surface area (Å²) in [5, 5.41) is 0. The molecule has 0 radical (unpaired) electrons. The third-order valence-corrected chi connectivity index (χ3v) is 4.37. The number of hydrogen-bond donors (Lipinski definition) is 0. The lowest BCUT2D eigenvalue weighted by Crippen LogP contribution is -2.49. The number of rotatable bonds is 2. The molecule has 0 saturated carbocycles. The van der Waals surface area contributed by atoms with Gasteiger partial charge in [0.25, 0.3) is 5.91 Å². The Morgan fingerprint density at radius 1 is 0.769 bits per heavy atom. The van der Waals surface area contributed by atoms with Gasteiger partial charge in [-0.25, -0.2) is 22.0 Å². The van der Waals surface area contributed by atoms with Gasteiger partial charge < -0.3 is 9.80 Å². The van der Waals surface area contributed by atoms with E-state index in [4.69, 9.17) is 0 Å². The number of nitrogens with zero attached hydrogens (tertiary/aromatic N) is 2. The summed E-state index contributed by atoms with van der Waals surface area (Å²) >= 11 is 0. The van der Waals surface area contributed by atoms with Crippen molar-refractivity contribution in [1.82, 2.24) is 4.90 Å². The van der Waals surface area contributed by atoms with Crippen LogP contribution in [0.5, 0.6) is 0 Å². The van der Waals surface area contributed by atoms with Gasteiger partial charge >= 0.3 is 0 Å². The second kappa shape index (κ2) is 6.93. The van der Waals surface area contributed by atoms with E-state index in [-0.39, 0.29) is 32.1 Å². The van der Waals surface area contributed by atoms with Crippen molar-refractivity contribution in [3.8, 4) is 0 Å². The van der Waals surface area contributed by atoms with Crippen molar-refractivity contribution in [3.05, 3.63) is 64.5 Å². The number of halogens is 5. The van der Waals surface area contributed by atoms with Crippen molar-refractivity contribution in [2.24, 2.45) is 0 Å². The highest BCUT2D eigenvalue weighted by Crippen LogP contribution is 2.31. The van der Waals surface area contributed by atoms with Crippen molar-refractivity contribution < 1.29 is 26.7 Å². The number of carbonyl (C=O) groups is 1. The van der Waals surface area contributed by atoms with Crippen LogP contribution in [0.2, 0.25) is 0 Å². The van der Waals surface area contributed by atoms with Gasteiger partial charge in [0.05, 0.1) is 0 Å². The Balaban J connectivity index is 1.77. The molecule has 0 unspecified atom stereocenters. The topological polar surface area (TPSA) is 23.6 Å². The van der Waals surface area contributed by atoms with Crippen molar-refractivity contribution in [3.63, 3.8) is 0 Å². The van der Waals surface area contributed by atoms with Crippen molar-refractivity contribution in [2.45, 2.75) is 6.92 Å². The largest absolute Gasteiger partial charge is 0.363 e. The summed E-state index contributed by atoms with van der Waals surface area (Å²) in [4.78, 5) is 15.0.